The first-order chi connectivity index (χ1) is 13.5. The van der Waals surface area contributed by atoms with Crippen molar-refractivity contribution in [3.8, 4) is 11.3 Å². The van der Waals surface area contributed by atoms with Crippen molar-refractivity contribution in [2.24, 2.45) is 0 Å². The summed E-state index contributed by atoms with van der Waals surface area (Å²) < 4.78 is 25.5. The van der Waals surface area contributed by atoms with Gasteiger partial charge in [-0.1, -0.05) is 6.07 Å². The van der Waals surface area contributed by atoms with Gasteiger partial charge >= 0.3 is 5.69 Å². The molecule has 1 aliphatic carbocycles. The van der Waals surface area contributed by atoms with Crippen LogP contribution in [0.3, 0.4) is 0 Å². The van der Waals surface area contributed by atoms with Gasteiger partial charge in [-0.15, -0.1) is 0 Å². The molecule has 0 unspecified atom stereocenters. The minimum Gasteiger partial charge on any atom is -0.313 e. The van der Waals surface area contributed by atoms with Crippen LogP contribution in [0, 0.1) is 11.6 Å². The molecule has 0 spiro atoms. The number of hydrogen-bond donors (Lipinski definition) is 2. The van der Waals surface area contributed by atoms with E-state index in [-0.39, 0.29) is 0 Å². The lowest BCUT2D eigenvalue weighted by Crippen LogP contribution is -2.23. The van der Waals surface area contributed by atoms with Crippen LogP contribution in [0.5, 0.6) is 0 Å². The van der Waals surface area contributed by atoms with Gasteiger partial charge in [0.2, 0.25) is 0 Å². The van der Waals surface area contributed by atoms with E-state index < -0.39 is 22.9 Å². The minimum absolute atomic E-state index is 0.349. The first kappa shape index (κ1) is 17.8. The molecular weight excluding hydrogens is 368 g/mol. The van der Waals surface area contributed by atoms with Crippen molar-refractivity contribution in [3.63, 3.8) is 0 Å². The third-order valence-corrected chi connectivity index (χ3v) is 4.29. The van der Waals surface area contributed by atoms with Gasteiger partial charge < -0.3 is 4.98 Å². The number of imidazole rings is 1. The van der Waals surface area contributed by atoms with Crippen LogP contribution < -0.4 is 11.2 Å². The topological polar surface area (TPSA) is 95.9 Å². The van der Waals surface area contributed by atoms with E-state index in [1.807, 2.05) is 6.07 Å². The predicted molar refractivity (Wildman–Crippen MR) is 98.0 cm³/mol. The summed E-state index contributed by atoms with van der Waals surface area (Å²) in [5.41, 5.74) is 1.85. The number of rotatable bonds is 2. The molecule has 1 saturated carbocycles. The standard InChI is InChI=1S/C13H11N5O2.C6H4F2/c19-12-9(6-15-13(20)16-12)10-5-8(7-1-2-7)11-14-3-4-18(11)17-10;7-5-2-1-3-6(8)4-5/h3-7H,1-2H2,(H2,15,16,19,20);1-4H. The van der Waals surface area contributed by atoms with Crippen molar-refractivity contribution >= 4 is 5.65 Å². The first-order valence-electron chi connectivity index (χ1n) is 8.59. The fraction of sp³-hybridized carbons (Fsp3) is 0.158. The van der Waals surface area contributed by atoms with Gasteiger partial charge in [0.05, 0.1) is 11.3 Å². The number of aromatic nitrogens is 5. The maximum atomic E-state index is 11.9. The Labute approximate surface area is 156 Å². The van der Waals surface area contributed by atoms with Crippen molar-refractivity contribution in [1.29, 1.82) is 0 Å². The maximum Gasteiger partial charge on any atom is 0.325 e. The summed E-state index contributed by atoms with van der Waals surface area (Å²) in [4.78, 5) is 31.9. The van der Waals surface area contributed by atoms with Gasteiger partial charge in [-0.05, 0) is 37.0 Å². The van der Waals surface area contributed by atoms with Crippen molar-refractivity contribution < 1.29 is 8.78 Å². The zero-order valence-corrected chi connectivity index (χ0v) is 14.5. The summed E-state index contributed by atoms with van der Waals surface area (Å²) in [6.07, 6.45) is 7.10. The molecule has 3 aromatic heterocycles. The van der Waals surface area contributed by atoms with Gasteiger partial charge in [0.1, 0.15) is 11.6 Å². The number of H-pyrrole nitrogens is 2. The number of halogens is 2. The second-order valence-electron chi connectivity index (χ2n) is 6.38. The van der Waals surface area contributed by atoms with E-state index in [0.29, 0.717) is 17.2 Å². The Morgan fingerprint density at radius 3 is 2.46 bits per heavy atom. The third-order valence-electron chi connectivity index (χ3n) is 4.29. The van der Waals surface area contributed by atoms with Gasteiger partial charge in [0, 0.05) is 30.2 Å². The number of aromatic amines is 2. The summed E-state index contributed by atoms with van der Waals surface area (Å²) >= 11 is 0. The molecule has 3 heterocycles. The van der Waals surface area contributed by atoms with E-state index in [0.717, 1.165) is 30.1 Å². The van der Waals surface area contributed by atoms with Crippen LogP contribution in [0.1, 0.15) is 24.3 Å². The average molecular weight is 383 g/mol. The quantitative estimate of drug-likeness (QED) is 0.556. The van der Waals surface area contributed by atoms with Crippen LogP contribution >= 0.6 is 0 Å². The maximum absolute atomic E-state index is 11.9. The van der Waals surface area contributed by atoms with Crippen molar-refractivity contribution in [2.45, 2.75) is 18.8 Å². The molecule has 28 heavy (non-hydrogen) atoms. The van der Waals surface area contributed by atoms with E-state index in [4.69, 9.17) is 0 Å². The van der Waals surface area contributed by atoms with Crippen LogP contribution in [-0.4, -0.2) is 24.6 Å². The summed E-state index contributed by atoms with van der Waals surface area (Å²) in [6.45, 7) is 0. The van der Waals surface area contributed by atoms with Gasteiger partial charge in [0.25, 0.3) is 5.56 Å². The zero-order valence-electron chi connectivity index (χ0n) is 14.5. The van der Waals surface area contributed by atoms with Crippen LogP contribution in [0.4, 0.5) is 8.78 Å². The predicted octanol–water partition coefficient (Wildman–Crippen LogP) is 2.62. The second kappa shape index (κ2) is 7.18. The SMILES string of the molecule is Fc1cccc(F)c1.O=c1[nH]cc(-c2cc(C3CC3)c3nccn3n2)c(=O)[nH]1. The molecule has 2 N–H and O–H groups in total. The van der Waals surface area contributed by atoms with E-state index in [2.05, 4.69) is 20.1 Å². The molecule has 0 radical (unpaired) electrons. The highest BCUT2D eigenvalue weighted by Crippen LogP contribution is 2.42. The number of nitrogens with one attached hydrogen (secondary N) is 2. The Bertz CT molecular complexity index is 1240. The first-order valence-corrected chi connectivity index (χ1v) is 8.59. The summed E-state index contributed by atoms with van der Waals surface area (Å²) in [5.74, 6) is -0.585. The Balaban J connectivity index is 0.000000203. The largest absolute Gasteiger partial charge is 0.325 e. The number of nitrogens with zero attached hydrogens (tertiary/aromatic N) is 3. The van der Waals surface area contributed by atoms with Gasteiger partial charge in [-0.3, -0.25) is 9.78 Å². The summed E-state index contributed by atoms with van der Waals surface area (Å²) in [7, 11) is 0. The normalized spacial score (nSPS) is 13.2. The number of hydrogen-bond acceptors (Lipinski definition) is 4. The molecule has 0 amide bonds. The monoisotopic (exact) mass is 383 g/mol. The highest BCUT2D eigenvalue weighted by molar-refractivity contribution is 5.62. The molecule has 1 fully saturated rings. The summed E-state index contributed by atoms with van der Waals surface area (Å²) in [6, 6.07) is 6.44. The molecular formula is C19H15F2N5O2. The average Bonchev–Trinajstić information content (AvgIpc) is 3.38. The van der Waals surface area contributed by atoms with Crippen molar-refractivity contribution in [2.75, 3.05) is 0 Å². The lowest BCUT2D eigenvalue weighted by molar-refractivity contribution is 0.583. The Kier molecular flexibility index (Phi) is 4.56. The Morgan fingerprint density at radius 2 is 1.86 bits per heavy atom. The van der Waals surface area contributed by atoms with Gasteiger partial charge in [-0.25, -0.2) is 23.1 Å². The van der Waals surface area contributed by atoms with E-state index in [9.17, 15) is 18.4 Å². The molecule has 0 bridgehead atoms. The summed E-state index contributed by atoms with van der Waals surface area (Å²) in [5, 5.41) is 4.38. The fourth-order valence-corrected chi connectivity index (χ4v) is 2.83. The molecule has 7 nitrogen and oxygen atoms in total. The molecule has 4 aromatic rings. The molecule has 0 aliphatic heterocycles. The van der Waals surface area contributed by atoms with Crippen molar-refractivity contribution in [1.82, 2.24) is 24.6 Å². The number of benzene rings is 1. The van der Waals surface area contributed by atoms with Gasteiger partial charge in [-0.2, -0.15) is 5.10 Å². The lowest BCUT2D eigenvalue weighted by Gasteiger charge is -2.05. The molecule has 0 atom stereocenters. The Morgan fingerprint density at radius 1 is 1.11 bits per heavy atom. The van der Waals surface area contributed by atoms with Crippen LogP contribution in [0.15, 0.2) is 58.5 Å². The van der Waals surface area contributed by atoms with E-state index >= 15 is 0 Å². The second-order valence-corrected chi connectivity index (χ2v) is 6.38. The Hall–Kier alpha value is -3.62. The van der Waals surface area contributed by atoms with E-state index in [1.54, 1.807) is 16.9 Å². The molecule has 9 heteroatoms. The highest BCUT2D eigenvalue weighted by Gasteiger charge is 2.27. The van der Waals surface area contributed by atoms with Crippen LogP contribution in [0.25, 0.3) is 16.9 Å². The minimum atomic E-state index is -0.537. The molecule has 1 aliphatic rings. The molecule has 5 rings (SSSR count). The highest BCUT2D eigenvalue weighted by atomic mass is 19.1. The van der Waals surface area contributed by atoms with Crippen LogP contribution in [-0.2, 0) is 0 Å². The lowest BCUT2D eigenvalue weighted by atomic mass is 10.1. The fourth-order valence-electron chi connectivity index (χ4n) is 2.83. The number of fused-ring (bicyclic) bond motifs is 1. The third kappa shape index (κ3) is 3.73. The molecule has 1 aromatic carbocycles. The van der Waals surface area contributed by atoms with E-state index in [1.165, 1.54) is 24.4 Å². The molecule has 142 valence electrons. The van der Waals surface area contributed by atoms with Gasteiger partial charge in [0.15, 0.2) is 5.65 Å². The van der Waals surface area contributed by atoms with Crippen LogP contribution in [0.2, 0.25) is 0 Å². The zero-order chi connectivity index (χ0) is 19.7. The smallest absolute Gasteiger partial charge is 0.313 e. The molecule has 0 saturated heterocycles. The van der Waals surface area contributed by atoms with Crippen molar-refractivity contribution in [3.05, 3.63) is 87.0 Å².